The Morgan fingerprint density at radius 3 is 2.40 bits per heavy atom. The Morgan fingerprint density at radius 1 is 1.03 bits per heavy atom. The molecule has 1 N–H and O–H groups in total. The summed E-state index contributed by atoms with van der Waals surface area (Å²) in [5.41, 5.74) is 3.88. The number of hydrogen-bond acceptors (Lipinski definition) is 4. The standard InChI is InChI=1S/C25H30N2O3/c1-5-27(6-2)13-7-12-26-25(29)20-10-8-19(9-11-20)23-16-22(28)21-15-17(3)14-18(4)24(21)30-23/h8-11,14-16H,5-7,12-13H2,1-4H3,(H,26,29). The van der Waals surface area contributed by atoms with Gasteiger partial charge in [-0.05, 0) is 69.2 Å². The van der Waals surface area contributed by atoms with Crippen molar-refractivity contribution in [3.63, 3.8) is 0 Å². The molecule has 5 heteroatoms. The molecular formula is C25H30N2O3. The van der Waals surface area contributed by atoms with Gasteiger partial charge in [-0.15, -0.1) is 0 Å². The van der Waals surface area contributed by atoms with Gasteiger partial charge in [0, 0.05) is 23.7 Å². The highest BCUT2D eigenvalue weighted by Crippen LogP contribution is 2.25. The third-order valence-electron chi connectivity index (χ3n) is 5.42. The van der Waals surface area contributed by atoms with Crippen molar-refractivity contribution in [3.05, 3.63) is 69.4 Å². The van der Waals surface area contributed by atoms with E-state index in [9.17, 15) is 9.59 Å². The van der Waals surface area contributed by atoms with Gasteiger partial charge in [0.25, 0.3) is 5.91 Å². The normalized spacial score (nSPS) is 11.2. The molecule has 5 nitrogen and oxygen atoms in total. The summed E-state index contributed by atoms with van der Waals surface area (Å²) in [7, 11) is 0. The molecule has 1 heterocycles. The molecule has 3 aromatic rings. The fourth-order valence-corrected chi connectivity index (χ4v) is 3.68. The lowest BCUT2D eigenvalue weighted by Crippen LogP contribution is -2.29. The van der Waals surface area contributed by atoms with Crippen LogP contribution >= 0.6 is 0 Å². The van der Waals surface area contributed by atoms with E-state index in [1.807, 2.05) is 38.1 Å². The zero-order valence-electron chi connectivity index (χ0n) is 18.2. The molecule has 3 rings (SSSR count). The van der Waals surface area contributed by atoms with Crippen molar-refractivity contribution in [2.45, 2.75) is 34.1 Å². The molecule has 1 aromatic heterocycles. The largest absolute Gasteiger partial charge is 0.456 e. The van der Waals surface area contributed by atoms with E-state index in [1.54, 1.807) is 12.1 Å². The van der Waals surface area contributed by atoms with Gasteiger partial charge in [-0.3, -0.25) is 9.59 Å². The fraction of sp³-hybridized carbons (Fsp3) is 0.360. The number of amides is 1. The summed E-state index contributed by atoms with van der Waals surface area (Å²) in [6, 6.07) is 12.5. The van der Waals surface area contributed by atoms with Crippen molar-refractivity contribution in [3.8, 4) is 11.3 Å². The molecule has 1 amide bonds. The zero-order chi connectivity index (χ0) is 21.7. The van der Waals surface area contributed by atoms with Crippen LogP contribution in [0.2, 0.25) is 0 Å². The van der Waals surface area contributed by atoms with Gasteiger partial charge in [0.1, 0.15) is 11.3 Å². The second-order valence-corrected chi connectivity index (χ2v) is 7.65. The van der Waals surface area contributed by atoms with Crippen LogP contribution in [0.3, 0.4) is 0 Å². The summed E-state index contributed by atoms with van der Waals surface area (Å²) in [5.74, 6) is 0.415. The van der Waals surface area contributed by atoms with Gasteiger partial charge in [-0.25, -0.2) is 0 Å². The number of rotatable bonds is 8. The average Bonchev–Trinajstić information content (AvgIpc) is 2.74. The van der Waals surface area contributed by atoms with Gasteiger partial charge in [0.05, 0.1) is 5.39 Å². The van der Waals surface area contributed by atoms with Gasteiger partial charge < -0.3 is 14.6 Å². The van der Waals surface area contributed by atoms with Gasteiger partial charge in [-0.2, -0.15) is 0 Å². The predicted octanol–water partition coefficient (Wildman–Crippen LogP) is 4.54. The molecule has 0 aliphatic heterocycles. The Hall–Kier alpha value is -2.92. The van der Waals surface area contributed by atoms with Gasteiger partial charge in [0.15, 0.2) is 5.43 Å². The third-order valence-corrected chi connectivity index (χ3v) is 5.42. The minimum Gasteiger partial charge on any atom is -0.456 e. The van der Waals surface area contributed by atoms with Crippen LogP contribution in [0.5, 0.6) is 0 Å². The number of aryl methyl sites for hydroxylation is 2. The molecule has 0 bridgehead atoms. The first-order valence-electron chi connectivity index (χ1n) is 10.6. The highest BCUT2D eigenvalue weighted by Gasteiger charge is 2.11. The minimum atomic E-state index is -0.0904. The van der Waals surface area contributed by atoms with E-state index in [2.05, 4.69) is 24.1 Å². The maximum absolute atomic E-state index is 12.6. The highest BCUT2D eigenvalue weighted by molar-refractivity contribution is 5.94. The van der Waals surface area contributed by atoms with Gasteiger partial charge in [0.2, 0.25) is 0 Å². The van der Waals surface area contributed by atoms with E-state index in [4.69, 9.17) is 4.42 Å². The van der Waals surface area contributed by atoms with Crippen molar-refractivity contribution in [2.75, 3.05) is 26.2 Å². The maximum Gasteiger partial charge on any atom is 0.251 e. The van der Waals surface area contributed by atoms with Crippen LogP contribution in [0.4, 0.5) is 0 Å². The maximum atomic E-state index is 12.6. The first-order chi connectivity index (χ1) is 14.4. The first kappa shape index (κ1) is 21.8. The number of nitrogens with zero attached hydrogens (tertiary/aromatic N) is 1. The fourth-order valence-electron chi connectivity index (χ4n) is 3.68. The molecular weight excluding hydrogens is 376 g/mol. The molecule has 0 unspecified atom stereocenters. The molecule has 0 saturated heterocycles. The van der Waals surface area contributed by atoms with E-state index in [0.29, 0.717) is 28.8 Å². The lowest BCUT2D eigenvalue weighted by Gasteiger charge is -2.17. The SMILES string of the molecule is CCN(CC)CCCNC(=O)c1ccc(-c2cc(=O)c3cc(C)cc(C)c3o2)cc1. The van der Waals surface area contributed by atoms with Crippen LogP contribution in [0.25, 0.3) is 22.3 Å². The van der Waals surface area contributed by atoms with E-state index in [0.717, 1.165) is 42.7 Å². The lowest BCUT2D eigenvalue weighted by atomic mass is 10.1. The van der Waals surface area contributed by atoms with Crippen LogP contribution in [0.1, 0.15) is 41.8 Å². The molecule has 0 aliphatic carbocycles. The van der Waals surface area contributed by atoms with Crippen LogP contribution in [-0.2, 0) is 0 Å². The predicted molar refractivity (Wildman–Crippen MR) is 122 cm³/mol. The molecule has 0 atom stereocenters. The number of hydrogen-bond donors (Lipinski definition) is 1. The Bertz CT molecular complexity index is 1080. The smallest absolute Gasteiger partial charge is 0.251 e. The minimum absolute atomic E-state index is 0.0620. The molecule has 0 aliphatic rings. The summed E-state index contributed by atoms with van der Waals surface area (Å²) in [4.78, 5) is 27.3. The Morgan fingerprint density at radius 2 is 1.73 bits per heavy atom. The quantitative estimate of drug-likeness (QED) is 0.558. The van der Waals surface area contributed by atoms with Crippen molar-refractivity contribution in [1.82, 2.24) is 10.2 Å². The third kappa shape index (κ3) is 4.97. The summed E-state index contributed by atoms with van der Waals surface area (Å²) < 4.78 is 6.03. The van der Waals surface area contributed by atoms with Crippen LogP contribution < -0.4 is 10.7 Å². The Balaban J connectivity index is 1.71. The van der Waals surface area contributed by atoms with Gasteiger partial charge >= 0.3 is 0 Å². The Kier molecular flexibility index (Phi) is 7.06. The van der Waals surface area contributed by atoms with Crippen molar-refractivity contribution < 1.29 is 9.21 Å². The molecule has 0 spiro atoms. The molecule has 2 aromatic carbocycles. The van der Waals surface area contributed by atoms with Crippen LogP contribution in [0, 0.1) is 13.8 Å². The summed E-state index contributed by atoms with van der Waals surface area (Å²) in [6.45, 7) is 11.9. The van der Waals surface area contributed by atoms with Crippen molar-refractivity contribution >= 4 is 16.9 Å². The molecule has 0 radical (unpaired) electrons. The van der Waals surface area contributed by atoms with Gasteiger partial charge in [-0.1, -0.05) is 32.0 Å². The van der Waals surface area contributed by atoms with Crippen LogP contribution in [0.15, 0.2) is 51.7 Å². The van der Waals surface area contributed by atoms with E-state index in [-0.39, 0.29) is 11.3 Å². The second kappa shape index (κ2) is 9.72. The lowest BCUT2D eigenvalue weighted by molar-refractivity contribution is 0.0952. The average molecular weight is 407 g/mol. The number of nitrogens with one attached hydrogen (secondary N) is 1. The zero-order valence-corrected chi connectivity index (χ0v) is 18.2. The topological polar surface area (TPSA) is 62.6 Å². The number of carbonyl (C=O) groups excluding carboxylic acids is 1. The molecule has 0 fully saturated rings. The van der Waals surface area contributed by atoms with Crippen LogP contribution in [-0.4, -0.2) is 37.0 Å². The summed E-state index contributed by atoms with van der Waals surface area (Å²) in [5, 5.41) is 3.56. The van der Waals surface area contributed by atoms with E-state index in [1.165, 1.54) is 6.07 Å². The number of carbonyl (C=O) groups is 1. The van der Waals surface area contributed by atoms with Crippen molar-refractivity contribution in [2.24, 2.45) is 0 Å². The van der Waals surface area contributed by atoms with E-state index >= 15 is 0 Å². The molecule has 30 heavy (non-hydrogen) atoms. The highest BCUT2D eigenvalue weighted by atomic mass is 16.3. The number of fused-ring (bicyclic) bond motifs is 1. The molecule has 158 valence electrons. The van der Waals surface area contributed by atoms with Crippen molar-refractivity contribution in [1.29, 1.82) is 0 Å². The summed E-state index contributed by atoms with van der Waals surface area (Å²) >= 11 is 0. The monoisotopic (exact) mass is 406 g/mol. The second-order valence-electron chi connectivity index (χ2n) is 7.65. The summed E-state index contributed by atoms with van der Waals surface area (Å²) in [6.07, 6.45) is 0.923. The molecule has 0 saturated carbocycles. The number of benzene rings is 2. The Labute approximate surface area is 177 Å². The van der Waals surface area contributed by atoms with E-state index < -0.39 is 0 Å². The first-order valence-corrected chi connectivity index (χ1v) is 10.6.